The Kier molecular flexibility index (Phi) is 5.01. The van der Waals surface area contributed by atoms with Crippen molar-refractivity contribution >= 4 is 17.3 Å². The largest absolute Gasteiger partial charge is 0.366 e. The lowest BCUT2D eigenvalue weighted by Gasteiger charge is -2.42. The number of aryl methyl sites for hydroxylation is 1. The van der Waals surface area contributed by atoms with Crippen LogP contribution >= 0.6 is 0 Å². The van der Waals surface area contributed by atoms with E-state index >= 15 is 0 Å². The van der Waals surface area contributed by atoms with E-state index in [0.717, 1.165) is 37.3 Å². The Morgan fingerprint density at radius 2 is 1.77 bits per heavy atom. The second-order valence-electron chi connectivity index (χ2n) is 8.51. The molecule has 1 atom stereocenters. The number of para-hydroxylation sites is 1. The summed E-state index contributed by atoms with van der Waals surface area (Å²) in [6.07, 6.45) is 0.815. The van der Waals surface area contributed by atoms with Gasteiger partial charge < -0.3 is 14.4 Å². The second-order valence-corrected chi connectivity index (χ2v) is 8.51. The quantitative estimate of drug-likeness (QED) is 0.782. The van der Waals surface area contributed by atoms with Crippen LogP contribution in [0.5, 0.6) is 0 Å². The fourth-order valence-electron chi connectivity index (χ4n) is 4.82. The van der Waals surface area contributed by atoms with Gasteiger partial charge in [-0.2, -0.15) is 0 Å². The van der Waals surface area contributed by atoms with Gasteiger partial charge in [-0.05, 0) is 38.5 Å². The number of piperazine rings is 1. The monoisotopic (exact) mass is 407 g/mol. The van der Waals surface area contributed by atoms with E-state index in [1.165, 1.54) is 11.3 Å². The summed E-state index contributed by atoms with van der Waals surface area (Å²) < 4.78 is 11.9. The molecule has 3 heterocycles. The number of carbonyl (C=O) groups excluding carboxylic acids is 1. The van der Waals surface area contributed by atoms with Crippen molar-refractivity contribution in [3.8, 4) is 0 Å². The zero-order chi connectivity index (χ0) is 20.7. The number of rotatable bonds is 3. The molecule has 1 spiro atoms. The minimum Gasteiger partial charge on any atom is -0.366 e. The molecule has 6 heteroatoms. The molecule has 30 heavy (non-hydrogen) atoms. The predicted molar refractivity (Wildman–Crippen MR) is 117 cm³/mol. The molecule has 1 unspecified atom stereocenters. The fourth-order valence-corrected chi connectivity index (χ4v) is 4.82. The zero-order valence-electron chi connectivity index (χ0n) is 17.7. The molecule has 1 amide bonds. The Morgan fingerprint density at radius 1 is 1.03 bits per heavy atom. The van der Waals surface area contributed by atoms with E-state index in [-0.39, 0.29) is 5.91 Å². The van der Waals surface area contributed by atoms with Crippen molar-refractivity contribution in [1.82, 2.24) is 4.90 Å². The Morgan fingerprint density at radius 3 is 2.50 bits per heavy atom. The van der Waals surface area contributed by atoms with E-state index in [0.29, 0.717) is 25.9 Å². The number of amides is 1. The van der Waals surface area contributed by atoms with Crippen LogP contribution in [-0.4, -0.2) is 56.4 Å². The van der Waals surface area contributed by atoms with Crippen molar-refractivity contribution in [2.24, 2.45) is 0 Å². The number of hydrogen-bond donors (Lipinski definition) is 0. The highest BCUT2D eigenvalue weighted by molar-refractivity contribution is 6.06. The number of benzene rings is 2. The van der Waals surface area contributed by atoms with Crippen LogP contribution in [0.4, 0.5) is 11.4 Å². The van der Waals surface area contributed by atoms with E-state index in [4.69, 9.17) is 9.47 Å². The van der Waals surface area contributed by atoms with Gasteiger partial charge in [0, 0.05) is 36.9 Å². The lowest BCUT2D eigenvalue weighted by Crippen LogP contribution is -2.56. The molecule has 3 aliphatic heterocycles. The smallest absolute Gasteiger partial charge is 0.293 e. The molecule has 0 saturated carbocycles. The molecule has 158 valence electrons. The summed E-state index contributed by atoms with van der Waals surface area (Å²) in [4.78, 5) is 20.1. The number of nitrogens with zero attached hydrogens (tertiary/aromatic N) is 3. The standard InChI is InChI=1S/C24H29N3O3/c1-18-8-10-20(11-9-18)26-13-12-25(16-19(26)2)17-27-22-7-4-3-6-21(22)24(23(27)28)29-14-5-15-30-24/h3-4,6-11,19H,5,12-17H2,1-2H3. The molecule has 5 rings (SSSR count). The first-order chi connectivity index (χ1) is 14.6. The normalized spacial score (nSPS) is 23.8. The Labute approximate surface area is 178 Å². The van der Waals surface area contributed by atoms with E-state index in [9.17, 15) is 4.79 Å². The first-order valence-corrected chi connectivity index (χ1v) is 10.8. The van der Waals surface area contributed by atoms with Crippen molar-refractivity contribution in [2.75, 3.05) is 49.3 Å². The van der Waals surface area contributed by atoms with Crippen LogP contribution in [-0.2, 0) is 20.1 Å². The van der Waals surface area contributed by atoms with Gasteiger partial charge in [0.05, 0.1) is 25.6 Å². The summed E-state index contributed by atoms with van der Waals surface area (Å²) in [5.74, 6) is -1.36. The average molecular weight is 408 g/mol. The molecule has 0 aliphatic carbocycles. The lowest BCUT2D eigenvalue weighted by atomic mass is 10.1. The van der Waals surface area contributed by atoms with Crippen LogP contribution in [0.1, 0.15) is 24.5 Å². The first kappa shape index (κ1) is 19.5. The molecule has 2 aromatic carbocycles. The van der Waals surface area contributed by atoms with E-state index in [1.54, 1.807) is 0 Å². The summed E-state index contributed by atoms with van der Waals surface area (Å²) in [5, 5.41) is 0. The second kappa shape index (κ2) is 7.69. The molecule has 2 fully saturated rings. The molecule has 2 saturated heterocycles. The molecular weight excluding hydrogens is 378 g/mol. The summed E-state index contributed by atoms with van der Waals surface area (Å²) in [7, 11) is 0. The summed E-state index contributed by atoms with van der Waals surface area (Å²) in [5.41, 5.74) is 4.27. The molecule has 6 nitrogen and oxygen atoms in total. The maximum absolute atomic E-state index is 13.5. The third-order valence-electron chi connectivity index (χ3n) is 6.39. The molecule has 0 N–H and O–H groups in total. The van der Waals surface area contributed by atoms with Crippen molar-refractivity contribution in [3.63, 3.8) is 0 Å². The van der Waals surface area contributed by atoms with Gasteiger partial charge in [-0.1, -0.05) is 35.9 Å². The number of ether oxygens (including phenoxy) is 2. The lowest BCUT2D eigenvalue weighted by molar-refractivity contribution is -0.256. The predicted octanol–water partition coefficient (Wildman–Crippen LogP) is 3.10. The van der Waals surface area contributed by atoms with Crippen LogP contribution in [0.25, 0.3) is 0 Å². The number of carbonyl (C=O) groups is 1. The average Bonchev–Trinajstić information content (AvgIpc) is 2.98. The van der Waals surface area contributed by atoms with E-state index in [1.807, 2.05) is 29.2 Å². The van der Waals surface area contributed by atoms with Crippen LogP contribution in [0.3, 0.4) is 0 Å². The van der Waals surface area contributed by atoms with E-state index < -0.39 is 5.79 Å². The van der Waals surface area contributed by atoms with Gasteiger partial charge in [-0.25, -0.2) is 0 Å². The molecule has 0 bridgehead atoms. The van der Waals surface area contributed by atoms with Gasteiger partial charge in [-0.3, -0.25) is 14.6 Å². The fraction of sp³-hybridized carbons (Fsp3) is 0.458. The Hall–Kier alpha value is -2.41. The highest BCUT2D eigenvalue weighted by Crippen LogP contribution is 2.45. The van der Waals surface area contributed by atoms with Gasteiger partial charge in [0.1, 0.15) is 0 Å². The minimum atomic E-state index is -1.26. The first-order valence-electron chi connectivity index (χ1n) is 10.8. The van der Waals surface area contributed by atoms with Crippen molar-refractivity contribution in [2.45, 2.75) is 32.1 Å². The van der Waals surface area contributed by atoms with Gasteiger partial charge in [0.15, 0.2) is 0 Å². The summed E-state index contributed by atoms with van der Waals surface area (Å²) in [6.45, 7) is 8.74. The van der Waals surface area contributed by atoms with Gasteiger partial charge in [0.2, 0.25) is 0 Å². The van der Waals surface area contributed by atoms with Crippen molar-refractivity contribution in [3.05, 3.63) is 59.7 Å². The number of hydrogen-bond acceptors (Lipinski definition) is 5. The summed E-state index contributed by atoms with van der Waals surface area (Å²) in [6, 6.07) is 17.0. The van der Waals surface area contributed by atoms with Crippen molar-refractivity contribution < 1.29 is 14.3 Å². The van der Waals surface area contributed by atoms with E-state index in [2.05, 4.69) is 47.9 Å². The Balaban J connectivity index is 1.33. The minimum absolute atomic E-state index is 0.1000. The third-order valence-corrected chi connectivity index (χ3v) is 6.39. The van der Waals surface area contributed by atoms with Gasteiger partial charge in [0.25, 0.3) is 11.7 Å². The zero-order valence-corrected chi connectivity index (χ0v) is 17.7. The van der Waals surface area contributed by atoms with Crippen LogP contribution in [0.2, 0.25) is 0 Å². The topological polar surface area (TPSA) is 45.2 Å². The molecule has 0 aromatic heterocycles. The Bertz CT molecular complexity index is 924. The maximum Gasteiger partial charge on any atom is 0.293 e. The third kappa shape index (κ3) is 3.20. The van der Waals surface area contributed by atoms with Gasteiger partial charge >= 0.3 is 0 Å². The SMILES string of the molecule is Cc1ccc(N2CCN(CN3C(=O)C4(OCCCO4)c4ccccc43)CC2C)cc1. The van der Waals surface area contributed by atoms with Crippen LogP contribution in [0.15, 0.2) is 48.5 Å². The number of anilines is 2. The molecule has 3 aliphatic rings. The highest BCUT2D eigenvalue weighted by atomic mass is 16.7. The highest BCUT2D eigenvalue weighted by Gasteiger charge is 2.55. The van der Waals surface area contributed by atoms with Crippen LogP contribution in [0, 0.1) is 6.92 Å². The molecular formula is C24H29N3O3. The summed E-state index contributed by atoms with van der Waals surface area (Å²) >= 11 is 0. The number of fused-ring (bicyclic) bond motifs is 2. The maximum atomic E-state index is 13.5. The van der Waals surface area contributed by atoms with Crippen LogP contribution < -0.4 is 9.80 Å². The van der Waals surface area contributed by atoms with Gasteiger partial charge in [-0.15, -0.1) is 0 Å². The molecule has 2 aromatic rings. The van der Waals surface area contributed by atoms with Crippen molar-refractivity contribution in [1.29, 1.82) is 0 Å². The molecule has 0 radical (unpaired) electrons.